The molecular weight excluding hydrogens is 296 g/mol. The number of fused-ring (bicyclic) bond motifs is 5. The average Bonchev–Trinajstić information content (AvgIpc) is 3.08. The van der Waals surface area contributed by atoms with Crippen molar-refractivity contribution in [3.05, 3.63) is 24.0 Å². The molecule has 0 saturated heterocycles. The molecule has 0 aromatic carbocycles. The third-order valence-electron chi connectivity index (χ3n) is 5.71. The first-order valence-corrected chi connectivity index (χ1v) is 10.2. The van der Waals surface area contributed by atoms with Gasteiger partial charge in [0, 0.05) is 10.8 Å². The maximum Gasteiger partial charge on any atom is 0.174 e. The second-order valence-corrected chi connectivity index (χ2v) is 10.7. The SMILES string of the molecule is C=CS(=O)(=O)C1CC2C3CC(C2C1)C(S(=O)(=O)C=C)C3. The van der Waals surface area contributed by atoms with Gasteiger partial charge >= 0.3 is 0 Å². The van der Waals surface area contributed by atoms with Crippen LogP contribution >= 0.6 is 0 Å². The molecule has 2 bridgehead atoms. The summed E-state index contributed by atoms with van der Waals surface area (Å²) in [7, 11) is -6.45. The molecule has 6 unspecified atom stereocenters. The Morgan fingerprint density at radius 3 is 1.95 bits per heavy atom. The summed E-state index contributed by atoms with van der Waals surface area (Å²) in [6.07, 6.45) is 2.90. The van der Waals surface area contributed by atoms with E-state index in [1.165, 1.54) is 0 Å². The van der Waals surface area contributed by atoms with Gasteiger partial charge in [0.15, 0.2) is 19.7 Å². The highest BCUT2D eigenvalue weighted by Crippen LogP contribution is 2.61. The van der Waals surface area contributed by atoms with Gasteiger partial charge in [-0.15, -0.1) is 0 Å². The van der Waals surface area contributed by atoms with Gasteiger partial charge in [-0.05, 0) is 49.4 Å². The quantitative estimate of drug-likeness (QED) is 0.794. The summed E-state index contributed by atoms with van der Waals surface area (Å²) in [4.78, 5) is 0. The van der Waals surface area contributed by atoms with Crippen molar-refractivity contribution in [1.82, 2.24) is 0 Å². The molecular formula is C14H20O4S2. The molecule has 3 saturated carbocycles. The van der Waals surface area contributed by atoms with E-state index in [9.17, 15) is 16.8 Å². The van der Waals surface area contributed by atoms with Crippen LogP contribution in [0.3, 0.4) is 0 Å². The second-order valence-electron chi connectivity index (χ2n) is 6.37. The van der Waals surface area contributed by atoms with Crippen molar-refractivity contribution >= 4 is 19.7 Å². The van der Waals surface area contributed by atoms with E-state index < -0.39 is 19.7 Å². The van der Waals surface area contributed by atoms with Crippen LogP contribution in [0.2, 0.25) is 0 Å². The third kappa shape index (κ3) is 1.91. The van der Waals surface area contributed by atoms with Crippen LogP contribution in [-0.4, -0.2) is 27.3 Å². The second kappa shape index (κ2) is 4.44. The Labute approximate surface area is 120 Å². The fourth-order valence-corrected chi connectivity index (χ4v) is 7.68. The van der Waals surface area contributed by atoms with Crippen LogP contribution in [-0.2, 0) is 19.7 Å². The van der Waals surface area contributed by atoms with E-state index in [1.807, 2.05) is 0 Å². The highest BCUT2D eigenvalue weighted by molar-refractivity contribution is 7.95. The lowest BCUT2D eigenvalue weighted by Gasteiger charge is -2.30. The molecule has 0 aromatic heterocycles. The topological polar surface area (TPSA) is 68.3 Å². The van der Waals surface area contributed by atoms with Crippen LogP contribution in [0.25, 0.3) is 0 Å². The van der Waals surface area contributed by atoms with E-state index in [2.05, 4.69) is 13.2 Å². The largest absolute Gasteiger partial charge is 0.224 e. The predicted octanol–water partition coefficient (Wildman–Crippen LogP) is 1.91. The third-order valence-corrected chi connectivity index (χ3v) is 9.34. The zero-order valence-corrected chi connectivity index (χ0v) is 12.9. The number of rotatable bonds is 4. The van der Waals surface area contributed by atoms with Gasteiger partial charge in [-0.2, -0.15) is 0 Å². The van der Waals surface area contributed by atoms with Crippen LogP contribution in [0.4, 0.5) is 0 Å². The van der Waals surface area contributed by atoms with E-state index >= 15 is 0 Å². The van der Waals surface area contributed by atoms with Crippen molar-refractivity contribution in [3.63, 3.8) is 0 Å². The lowest BCUT2D eigenvalue weighted by molar-refractivity contribution is 0.261. The lowest BCUT2D eigenvalue weighted by atomic mass is 9.81. The van der Waals surface area contributed by atoms with Crippen molar-refractivity contribution in [3.8, 4) is 0 Å². The number of sulfone groups is 2. The van der Waals surface area contributed by atoms with Gasteiger partial charge in [-0.3, -0.25) is 0 Å². The van der Waals surface area contributed by atoms with Gasteiger partial charge in [0.05, 0.1) is 10.5 Å². The summed E-state index contributed by atoms with van der Waals surface area (Å²) in [6.45, 7) is 6.81. The van der Waals surface area contributed by atoms with E-state index in [0.717, 1.165) is 17.2 Å². The zero-order valence-electron chi connectivity index (χ0n) is 11.3. The Morgan fingerprint density at radius 1 is 0.750 bits per heavy atom. The van der Waals surface area contributed by atoms with E-state index in [1.54, 1.807) is 0 Å². The summed E-state index contributed by atoms with van der Waals surface area (Å²) in [5.74, 6) is 1.12. The first-order chi connectivity index (χ1) is 9.30. The minimum Gasteiger partial charge on any atom is -0.224 e. The minimum atomic E-state index is -3.23. The Balaban J connectivity index is 1.85. The predicted molar refractivity (Wildman–Crippen MR) is 78.2 cm³/mol. The van der Waals surface area contributed by atoms with Crippen molar-refractivity contribution in [1.29, 1.82) is 0 Å². The highest BCUT2D eigenvalue weighted by Gasteiger charge is 2.59. The van der Waals surface area contributed by atoms with Gasteiger partial charge in [-0.1, -0.05) is 13.2 Å². The minimum absolute atomic E-state index is 0.123. The average molecular weight is 316 g/mol. The fourth-order valence-electron chi connectivity index (χ4n) is 4.86. The molecule has 0 spiro atoms. The summed E-state index contributed by atoms with van der Waals surface area (Å²) in [6, 6.07) is 0. The monoisotopic (exact) mass is 316 g/mol. The summed E-state index contributed by atoms with van der Waals surface area (Å²) in [5.41, 5.74) is 0. The number of hydrogen-bond donors (Lipinski definition) is 0. The van der Waals surface area contributed by atoms with Crippen molar-refractivity contribution in [2.75, 3.05) is 0 Å². The maximum atomic E-state index is 12.1. The highest BCUT2D eigenvalue weighted by atomic mass is 32.2. The van der Waals surface area contributed by atoms with Crippen molar-refractivity contribution < 1.29 is 16.8 Å². The molecule has 20 heavy (non-hydrogen) atoms. The first-order valence-electron chi connectivity index (χ1n) is 7.03. The molecule has 112 valence electrons. The lowest BCUT2D eigenvalue weighted by Crippen LogP contribution is -2.33. The Bertz CT molecular complexity index is 647. The molecule has 3 aliphatic rings. The summed E-state index contributed by atoms with van der Waals surface area (Å²) >= 11 is 0. The molecule has 6 heteroatoms. The molecule has 3 rings (SSSR count). The molecule has 3 aliphatic carbocycles. The normalized spacial score (nSPS) is 43.4. The van der Waals surface area contributed by atoms with Crippen molar-refractivity contribution in [2.24, 2.45) is 23.7 Å². The van der Waals surface area contributed by atoms with Gasteiger partial charge in [-0.25, -0.2) is 16.8 Å². The van der Waals surface area contributed by atoms with Crippen LogP contribution in [0.5, 0.6) is 0 Å². The van der Waals surface area contributed by atoms with Crippen LogP contribution in [0.15, 0.2) is 24.0 Å². The molecule has 0 aliphatic heterocycles. The Hall–Kier alpha value is -0.620. The summed E-state index contributed by atoms with van der Waals surface area (Å²) in [5, 5.41) is 1.43. The molecule has 6 atom stereocenters. The standard InChI is InChI=1S/C14H20O4S2/c1-3-19(15,16)10-7-11-9-5-13(12(11)8-10)14(6-9)20(17,18)4-2/h3-4,9-14H,1-2,5-8H2. The summed E-state index contributed by atoms with van der Waals surface area (Å²) < 4.78 is 48.0. The molecule has 0 aromatic rings. The van der Waals surface area contributed by atoms with E-state index in [4.69, 9.17) is 0 Å². The van der Waals surface area contributed by atoms with E-state index in [-0.39, 0.29) is 22.3 Å². The molecule has 3 fully saturated rings. The van der Waals surface area contributed by atoms with Crippen LogP contribution < -0.4 is 0 Å². The van der Waals surface area contributed by atoms with Gasteiger partial charge in [0.25, 0.3) is 0 Å². The first kappa shape index (κ1) is 14.3. The molecule has 4 nitrogen and oxygen atoms in total. The fraction of sp³-hybridized carbons (Fsp3) is 0.714. The Morgan fingerprint density at radius 2 is 1.35 bits per heavy atom. The van der Waals surface area contributed by atoms with Crippen LogP contribution in [0, 0.1) is 23.7 Å². The van der Waals surface area contributed by atoms with E-state index in [0.29, 0.717) is 31.1 Å². The van der Waals surface area contributed by atoms with Gasteiger partial charge < -0.3 is 0 Å². The molecule has 0 N–H and O–H groups in total. The van der Waals surface area contributed by atoms with Crippen LogP contribution in [0.1, 0.15) is 25.7 Å². The smallest absolute Gasteiger partial charge is 0.174 e. The number of hydrogen-bond acceptors (Lipinski definition) is 4. The van der Waals surface area contributed by atoms with Gasteiger partial charge in [0.2, 0.25) is 0 Å². The maximum absolute atomic E-state index is 12.1. The van der Waals surface area contributed by atoms with Crippen molar-refractivity contribution in [2.45, 2.75) is 36.2 Å². The zero-order chi connectivity index (χ0) is 14.7. The molecule has 0 heterocycles. The van der Waals surface area contributed by atoms with Gasteiger partial charge in [0.1, 0.15) is 0 Å². The molecule has 0 radical (unpaired) electrons. The Kier molecular flexibility index (Phi) is 3.18. The molecule has 0 amide bonds.